The summed E-state index contributed by atoms with van der Waals surface area (Å²) >= 11 is 0. The lowest BCUT2D eigenvalue weighted by Crippen LogP contribution is -1.92. The fraction of sp³-hybridized carbons (Fsp3) is 0.222. The highest BCUT2D eigenvalue weighted by atomic mass is 16.5. The van der Waals surface area contributed by atoms with Gasteiger partial charge in [0.05, 0.1) is 12.1 Å². The Bertz CT molecular complexity index is 348. The maximum Gasteiger partial charge on any atom is 0.233 e. The van der Waals surface area contributed by atoms with Crippen LogP contribution in [0.5, 0.6) is 5.88 Å². The van der Waals surface area contributed by atoms with Crippen LogP contribution in [0.15, 0.2) is 30.5 Å². The number of aromatic nitrogens is 2. The van der Waals surface area contributed by atoms with E-state index in [4.69, 9.17) is 4.74 Å². The van der Waals surface area contributed by atoms with Crippen molar-refractivity contribution in [2.75, 3.05) is 6.61 Å². The van der Waals surface area contributed by atoms with E-state index in [-0.39, 0.29) is 0 Å². The third kappa shape index (κ3) is 1.13. The molecular formula is C9H10N2O. The van der Waals surface area contributed by atoms with Gasteiger partial charge in [-0.15, -0.1) is 5.10 Å². The normalized spacial score (nSPS) is 10.4. The van der Waals surface area contributed by atoms with E-state index in [2.05, 4.69) is 5.10 Å². The first kappa shape index (κ1) is 7.16. The molecule has 2 rings (SSSR count). The van der Waals surface area contributed by atoms with Crippen LogP contribution in [0.3, 0.4) is 0 Å². The van der Waals surface area contributed by atoms with Crippen LogP contribution in [0.25, 0.3) is 5.52 Å². The van der Waals surface area contributed by atoms with Crippen LogP contribution in [-0.4, -0.2) is 16.2 Å². The molecule has 2 heterocycles. The first-order valence-electron chi connectivity index (χ1n) is 3.97. The van der Waals surface area contributed by atoms with Crippen molar-refractivity contribution in [2.45, 2.75) is 6.92 Å². The van der Waals surface area contributed by atoms with Gasteiger partial charge in [0.2, 0.25) is 5.88 Å². The third-order valence-corrected chi connectivity index (χ3v) is 1.64. The summed E-state index contributed by atoms with van der Waals surface area (Å²) in [5, 5.41) is 4.20. The summed E-state index contributed by atoms with van der Waals surface area (Å²) in [4.78, 5) is 0. The van der Waals surface area contributed by atoms with Gasteiger partial charge in [-0.05, 0) is 19.1 Å². The highest BCUT2D eigenvalue weighted by Crippen LogP contribution is 2.11. The third-order valence-electron chi connectivity index (χ3n) is 1.64. The van der Waals surface area contributed by atoms with Crippen molar-refractivity contribution in [2.24, 2.45) is 0 Å². The molecule has 0 fully saturated rings. The molecule has 0 saturated carbocycles. The summed E-state index contributed by atoms with van der Waals surface area (Å²) in [6.07, 6.45) is 1.90. The van der Waals surface area contributed by atoms with E-state index in [1.54, 1.807) is 4.52 Å². The predicted molar refractivity (Wildman–Crippen MR) is 46.4 cm³/mol. The first-order chi connectivity index (χ1) is 5.90. The zero-order valence-corrected chi connectivity index (χ0v) is 6.90. The smallest absolute Gasteiger partial charge is 0.233 e. The van der Waals surface area contributed by atoms with E-state index in [1.807, 2.05) is 37.4 Å². The number of pyridine rings is 1. The Morgan fingerprint density at radius 2 is 2.42 bits per heavy atom. The molecule has 0 unspecified atom stereocenters. The van der Waals surface area contributed by atoms with Gasteiger partial charge in [0.15, 0.2) is 0 Å². The SMILES string of the molecule is CCOc1cc2ccccn2n1. The van der Waals surface area contributed by atoms with Gasteiger partial charge in [0, 0.05) is 12.3 Å². The summed E-state index contributed by atoms with van der Waals surface area (Å²) in [5.74, 6) is 0.684. The number of nitrogens with zero attached hydrogens (tertiary/aromatic N) is 2. The summed E-state index contributed by atoms with van der Waals surface area (Å²) in [6.45, 7) is 2.61. The van der Waals surface area contributed by atoms with E-state index in [0.717, 1.165) is 5.52 Å². The lowest BCUT2D eigenvalue weighted by atomic mass is 10.4. The van der Waals surface area contributed by atoms with Crippen LogP contribution in [-0.2, 0) is 0 Å². The Kier molecular flexibility index (Phi) is 1.70. The molecule has 12 heavy (non-hydrogen) atoms. The Morgan fingerprint density at radius 1 is 1.50 bits per heavy atom. The summed E-state index contributed by atoms with van der Waals surface area (Å²) in [6, 6.07) is 7.83. The van der Waals surface area contributed by atoms with Crippen LogP contribution in [0.2, 0.25) is 0 Å². The predicted octanol–water partition coefficient (Wildman–Crippen LogP) is 1.73. The number of ether oxygens (including phenoxy) is 1. The fourth-order valence-electron chi connectivity index (χ4n) is 1.13. The lowest BCUT2D eigenvalue weighted by Gasteiger charge is -1.93. The van der Waals surface area contributed by atoms with Crippen LogP contribution in [0, 0.1) is 0 Å². The molecule has 0 aliphatic rings. The Labute approximate surface area is 70.6 Å². The maximum absolute atomic E-state index is 5.26. The van der Waals surface area contributed by atoms with Gasteiger partial charge in [-0.1, -0.05) is 6.07 Å². The minimum atomic E-state index is 0.657. The molecule has 0 atom stereocenters. The van der Waals surface area contributed by atoms with E-state index in [9.17, 15) is 0 Å². The molecule has 0 aliphatic carbocycles. The van der Waals surface area contributed by atoms with Gasteiger partial charge in [0.1, 0.15) is 0 Å². The molecule has 0 spiro atoms. The van der Waals surface area contributed by atoms with Gasteiger partial charge in [-0.2, -0.15) is 0 Å². The van der Waals surface area contributed by atoms with Crippen molar-refractivity contribution >= 4 is 5.52 Å². The topological polar surface area (TPSA) is 26.5 Å². The van der Waals surface area contributed by atoms with Gasteiger partial charge >= 0.3 is 0 Å². The molecule has 2 aromatic heterocycles. The van der Waals surface area contributed by atoms with Crippen molar-refractivity contribution in [1.29, 1.82) is 0 Å². The summed E-state index contributed by atoms with van der Waals surface area (Å²) in [5.41, 5.74) is 1.06. The largest absolute Gasteiger partial charge is 0.477 e. The van der Waals surface area contributed by atoms with E-state index < -0.39 is 0 Å². The number of hydrogen-bond acceptors (Lipinski definition) is 2. The van der Waals surface area contributed by atoms with E-state index >= 15 is 0 Å². The van der Waals surface area contributed by atoms with Crippen molar-refractivity contribution in [3.63, 3.8) is 0 Å². The molecule has 0 radical (unpaired) electrons. The average Bonchev–Trinajstić information content (AvgIpc) is 2.47. The highest BCUT2D eigenvalue weighted by Gasteiger charge is 1.98. The monoisotopic (exact) mass is 162 g/mol. The second-order valence-corrected chi connectivity index (χ2v) is 2.49. The zero-order valence-electron chi connectivity index (χ0n) is 6.90. The second kappa shape index (κ2) is 2.85. The van der Waals surface area contributed by atoms with Crippen LogP contribution >= 0.6 is 0 Å². The summed E-state index contributed by atoms with van der Waals surface area (Å²) < 4.78 is 7.06. The average molecular weight is 162 g/mol. The minimum Gasteiger partial charge on any atom is -0.477 e. The quantitative estimate of drug-likeness (QED) is 0.672. The molecule has 2 aromatic rings. The highest BCUT2D eigenvalue weighted by molar-refractivity contribution is 5.48. The zero-order chi connectivity index (χ0) is 8.39. The van der Waals surface area contributed by atoms with Crippen LogP contribution in [0.1, 0.15) is 6.92 Å². The number of hydrogen-bond donors (Lipinski definition) is 0. The van der Waals surface area contributed by atoms with E-state index in [1.165, 1.54) is 0 Å². The van der Waals surface area contributed by atoms with Gasteiger partial charge in [-0.25, -0.2) is 4.52 Å². The van der Waals surface area contributed by atoms with Crippen molar-refractivity contribution in [3.8, 4) is 5.88 Å². The van der Waals surface area contributed by atoms with Crippen molar-refractivity contribution < 1.29 is 4.74 Å². The number of fused-ring (bicyclic) bond motifs is 1. The number of rotatable bonds is 2. The molecule has 0 aromatic carbocycles. The van der Waals surface area contributed by atoms with Crippen molar-refractivity contribution in [1.82, 2.24) is 9.61 Å². The Balaban J connectivity index is 2.47. The molecule has 3 nitrogen and oxygen atoms in total. The maximum atomic E-state index is 5.26. The molecule has 0 N–H and O–H groups in total. The van der Waals surface area contributed by atoms with Crippen LogP contribution < -0.4 is 4.74 Å². The lowest BCUT2D eigenvalue weighted by molar-refractivity contribution is 0.325. The van der Waals surface area contributed by atoms with Crippen molar-refractivity contribution in [3.05, 3.63) is 30.5 Å². The Morgan fingerprint density at radius 3 is 3.17 bits per heavy atom. The Hall–Kier alpha value is -1.51. The van der Waals surface area contributed by atoms with Crippen LogP contribution in [0.4, 0.5) is 0 Å². The molecular weight excluding hydrogens is 152 g/mol. The molecule has 0 bridgehead atoms. The van der Waals surface area contributed by atoms with Gasteiger partial charge in [-0.3, -0.25) is 0 Å². The molecule has 0 saturated heterocycles. The molecule has 0 aliphatic heterocycles. The molecule has 0 amide bonds. The standard InChI is InChI=1S/C9H10N2O/c1-2-12-9-7-8-5-3-4-6-11(8)10-9/h3-7H,2H2,1H3. The minimum absolute atomic E-state index is 0.657. The first-order valence-corrected chi connectivity index (χ1v) is 3.97. The molecule has 3 heteroatoms. The van der Waals surface area contributed by atoms with E-state index in [0.29, 0.717) is 12.5 Å². The van der Waals surface area contributed by atoms with Gasteiger partial charge < -0.3 is 4.74 Å². The fourth-order valence-corrected chi connectivity index (χ4v) is 1.13. The second-order valence-electron chi connectivity index (χ2n) is 2.49. The summed E-state index contributed by atoms with van der Waals surface area (Å²) in [7, 11) is 0. The molecule has 62 valence electrons. The van der Waals surface area contributed by atoms with Gasteiger partial charge in [0.25, 0.3) is 0 Å².